The Kier molecular flexibility index (Phi) is 5.72. The Labute approximate surface area is 201 Å². The third kappa shape index (κ3) is 4.53. The molecule has 1 aliphatic rings. The van der Waals surface area contributed by atoms with E-state index in [1.807, 2.05) is 0 Å². The van der Waals surface area contributed by atoms with Crippen LogP contribution in [0.3, 0.4) is 0 Å². The maximum absolute atomic E-state index is 13.6. The number of rotatable bonds is 6. The second kappa shape index (κ2) is 8.55. The van der Waals surface area contributed by atoms with Gasteiger partial charge in [-0.2, -0.15) is 10.2 Å². The van der Waals surface area contributed by atoms with E-state index in [0.29, 0.717) is 22.3 Å². The molecule has 0 aliphatic heterocycles. The summed E-state index contributed by atoms with van der Waals surface area (Å²) < 4.78 is 29.7. The molecule has 1 aliphatic carbocycles. The summed E-state index contributed by atoms with van der Waals surface area (Å²) in [5.74, 6) is -0.354. The molecule has 5 rings (SSSR count). The van der Waals surface area contributed by atoms with E-state index < -0.39 is 12.3 Å². The summed E-state index contributed by atoms with van der Waals surface area (Å²) in [6, 6.07) is 7.89. The number of benzene rings is 1. The van der Waals surface area contributed by atoms with Crippen LogP contribution < -0.4 is 5.32 Å². The number of hydrogen-bond donors (Lipinski definition) is 1. The first-order chi connectivity index (χ1) is 15.8. The van der Waals surface area contributed by atoms with Crippen molar-refractivity contribution in [3.8, 4) is 0 Å². The third-order valence-electron chi connectivity index (χ3n) is 5.20. The van der Waals surface area contributed by atoms with Gasteiger partial charge in [0.2, 0.25) is 0 Å². The van der Waals surface area contributed by atoms with Crippen molar-refractivity contribution < 1.29 is 13.6 Å². The van der Waals surface area contributed by atoms with Crippen molar-refractivity contribution in [1.29, 1.82) is 0 Å². The first-order valence-corrected chi connectivity index (χ1v) is 11.1. The van der Waals surface area contributed by atoms with Crippen LogP contribution in [0.4, 0.5) is 14.6 Å². The number of hydrogen-bond acceptors (Lipinski definition) is 4. The molecule has 1 saturated carbocycles. The van der Waals surface area contributed by atoms with E-state index in [-0.39, 0.29) is 33.8 Å². The fraction of sp³-hybridized carbons (Fsp3) is 0.238. The van der Waals surface area contributed by atoms with E-state index >= 15 is 0 Å². The highest BCUT2D eigenvalue weighted by atomic mass is 35.5. The van der Waals surface area contributed by atoms with Crippen LogP contribution in [0.2, 0.25) is 15.1 Å². The molecule has 0 radical (unpaired) electrons. The van der Waals surface area contributed by atoms with Crippen LogP contribution in [-0.2, 0) is 6.54 Å². The number of halogens is 5. The predicted octanol–water partition coefficient (Wildman–Crippen LogP) is 6.00. The Morgan fingerprint density at radius 2 is 1.88 bits per heavy atom. The Balaban J connectivity index is 1.38. The predicted molar refractivity (Wildman–Crippen MR) is 121 cm³/mol. The lowest BCUT2D eigenvalue weighted by Gasteiger charge is -2.06. The van der Waals surface area contributed by atoms with Gasteiger partial charge >= 0.3 is 0 Å². The zero-order valence-electron chi connectivity index (χ0n) is 16.8. The van der Waals surface area contributed by atoms with Crippen LogP contribution in [0, 0.1) is 0 Å². The highest BCUT2D eigenvalue weighted by Gasteiger charge is 2.28. The molecule has 3 heterocycles. The van der Waals surface area contributed by atoms with Gasteiger partial charge in [-0.3, -0.25) is 9.48 Å². The Morgan fingerprint density at radius 3 is 2.58 bits per heavy atom. The van der Waals surface area contributed by atoms with Gasteiger partial charge in [0.25, 0.3) is 12.3 Å². The van der Waals surface area contributed by atoms with E-state index in [1.165, 1.54) is 16.8 Å². The summed E-state index contributed by atoms with van der Waals surface area (Å²) in [7, 11) is 0. The number of amides is 1. The molecule has 0 unspecified atom stereocenters. The van der Waals surface area contributed by atoms with Gasteiger partial charge in [0.15, 0.2) is 17.2 Å². The van der Waals surface area contributed by atoms with E-state index in [1.54, 1.807) is 24.4 Å². The highest BCUT2D eigenvalue weighted by Crippen LogP contribution is 2.40. The van der Waals surface area contributed by atoms with Gasteiger partial charge in [-0.15, -0.1) is 0 Å². The lowest BCUT2D eigenvalue weighted by molar-refractivity contribution is 0.102. The van der Waals surface area contributed by atoms with Crippen LogP contribution in [0.25, 0.3) is 5.65 Å². The van der Waals surface area contributed by atoms with Crippen molar-refractivity contribution >= 4 is 52.2 Å². The molecule has 0 atom stereocenters. The van der Waals surface area contributed by atoms with Gasteiger partial charge in [-0.25, -0.2) is 18.3 Å². The minimum absolute atomic E-state index is 0.0764. The molecule has 1 N–H and O–H groups in total. The normalized spacial score (nSPS) is 13.8. The molecule has 33 heavy (non-hydrogen) atoms. The topological polar surface area (TPSA) is 77.1 Å². The number of nitrogens with one attached hydrogen (secondary N) is 1. The van der Waals surface area contributed by atoms with Crippen LogP contribution in [0.15, 0.2) is 36.5 Å². The molecule has 0 spiro atoms. The Hall–Kier alpha value is -2.75. The molecule has 1 amide bonds. The Bertz CT molecular complexity index is 1380. The molecule has 4 aromatic rings. The molecule has 170 valence electrons. The molecule has 1 aromatic carbocycles. The summed E-state index contributed by atoms with van der Waals surface area (Å²) in [5, 5.41) is 11.9. The summed E-state index contributed by atoms with van der Waals surface area (Å²) in [6.07, 6.45) is 0.616. The van der Waals surface area contributed by atoms with Gasteiger partial charge in [0.1, 0.15) is 10.7 Å². The second-order valence-electron chi connectivity index (χ2n) is 7.71. The smallest absolute Gasteiger partial charge is 0.280 e. The average Bonchev–Trinajstić information content (AvgIpc) is 3.44. The summed E-state index contributed by atoms with van der Waals surface area (Å²) in [6.45, 7) is 0.340. The number of alkyl halides is 2. The fourth-order valence-electron chi connectivity index (χ4n) is 3.43. The van der Waals surface area contributed by atoms with Crippen LogP contribution in [0.5, 0.6) is 0 Å². The maximum atomic E-state index is 13.6. The van der Waals surface area contributed by atoms with Crippen LogP contribution >= 0.6 is 34.8 Å². The van der Waals surface area contributed by atoms with Crippen molar-refractivity contribution in [2.45, 2.75) is 31.7 Å². The first-order valence-electron chi connectivity index (χ1n) is 9.95. The number of anilines is 1. The van der Waals surface area contributed by atoms with Gasteiger partial charge in [0, 0.05) is 23.9 Å². The molecule has 0 saturated heterocycles. The number of carbonyl (C=O) groups excluding carboxylic acids is 1. The van der Waals surface area contributed by atoms with Crippen molar-refractivity contribution in [3.05, 3.63) is 74.2 Å². The molecule has 1 fully saturated rings. The SMILES string of the molecule is O=C(Nc1nn(Cc2ccc(Cl)c(Cl)c2)cc1Cl)c1cc2nc(C3CC3)cc(C(F)F)n2n1. The molecule has 12 heteroatoms. The number of fused-ring (bicyclic) bond motifs is 1. The van der Waals surface area contributed by atoms with Crippen molar-refractivity contribution in [1.82, 2.24) is 24.4 Å². The van der Waals surface area contributed by atoms with Crippen molar-refractivity contribution in [2.75, 3.05) is 5.32 Å². The molecule has 0 bridgehead atoms. The summed E-state index contributed by atoms with van der Waals surface area (Å²) in [4.78, 5) is 17.1. The standard InChI is InChI=1S/C21H15Cl3F2N6O/c22-12-4-1-10(5-13(12)23)8-31-9-14(24)20(30-31)28-21(33)16-7-18-27-15(11-2-3-11)6-17(19(25)26)32(18)29-16/h1,4-7,9,11,19H,2-3,8H2,(H,28,30,33). The quantitative estimate of drug-likeness (QED) is 0.344. The number of aromatic nitrogens is 5. The second-order valence-corrected chi connectivity index (χ2v) is 8.93. The zero-order valence-corrected chi connectivity index (χ0v) is 19.0. The fourth-order valence-corrected chi connectivity index (χ4v) is 3.95. The highest BCUT2D eigenvalue weighted by molar-refractivity contribution is 6.42. The van der Waals surface area contributed by atoms with E-state index in [2.05, 4.69) is 20.5 Å². The van der Waals surface area contributed by atoms with Gasteiger partial charge in [-0.1, -0.05) is 40.9 Å². The summed E-state index contributed by atoms with van der Waals surface area (Å²) in [5.41, 5.74) is 1.24. The van der Waals surface area contributed by atoms with Gasteiger partial charge in [-0.05, 0) is 36.6 Å². The zero-order chi connectivity index (χ0) is 23.3. The van der Waals surface area contributed by atoms with Crippen LogP contribution in [-0.4, -0.2) is 30.3 Å². The lowest BCUT2D eigenvalue weighted by Crippen LogP contribution is -2.14. The molecular formula is C21H15Cl3F2N6O. The maximum Gasteiger partial charge on any atom is 0.280 e. The number of nitrogens with zero attached hydrogens (tertiary/aromatic N) is 5. The average molecular weight is 512 g/mol. The van der Waals surface area contributed by atoms with E-state index in [0.717, 1.165) is 22.9 Å². The molecular weight excluding hydrogens is 497 g/mol. The van der Waals surface area contributed by atoms with Crippen LogP contribution in [0.1, 0.15) is 52.6 Å². The van der Waals surface area contributed by atoms with Crippen molar-refractivity contribution in [3.63, 3.8) is 0 Å². The first kappa shape index (κ1) is 22.1. The van der Waals surface area contributed by atoms with E-state index in [9.17, 15) is 13.6 Å². The third-order valence-corrected chi connectivity index (χ3v) is 6.22. The van der Waals surface area contributed by atoms with Crippen molar-refractivity contribution in [2.24, 2.45) is 0 Å². The minimum atomic E-state index is -2.75. The minimum Gasteiger partial charge on any atom is -0.302 e. The molecule has 7 nitrogen and oxygen atoms in total. The molecule has 3 aromatic heterocycles. The largest absolute Gasteiger partial charge is 0.302 e. The monoisotopic (exact) mass is 510 g/mol. The number of carbonyl (C=O) groups is 1. The lowest BCUT2D eigenvalue weighted by atomic mass is 10.2. The van der Waals surface area contributed by atoms with Gasteiger partial charge in [0.05, 0.1) is 16.6 Å². The van der Waals surface area contributed by atoms with E-state index in [4.69, 9.17) is 34.8 Å². The van der Waals surface area contributed by atoms with Gasteiger partial charge < -0.3 is 5.32 Å². The Morgan fingerprint density at radius 1 is 1.09 bits per heavy atom. The summed E-state index contributed by atoms with van der Waals surface area (Å²) >= 11 is 18.2.